The first-order valence-electron chi connectivity index (χ1n) is 1.86. The van der Waals surface area contributed by atoms with Gasteiger partial charge in [-0.3, -0.25) is 0 Å². The smallest absolute Gasteiger partial charge is 0.0533 e. The zero-order chi connectivity index (χ0) is 5.86. The molecule has 0 atom stereocenters. The van der Waals surface area contributed by atoms with Gasteiger partial charge >= 0.3 is 0 Å². The minimum atomic E-state index is -0.437. The normalized spacial score (nSPS) is 4.91. The van der Waals surface area contributed by atoms with E-state index in [1.165, 1.54) is 13.8 Å². The molecule has 0 saturated carbocycles. The Morgan fingerprint density at radius 1 is 0.909 bits per heavy atom. The molecule has 11 heavy (non-hydrogen) atoms. The summed E-state index contributed by atoms with van der Waals surface area (Å²) < 4.78 is 0. The number of carbonyl (C=O) groups excluding carboxylic acids is 2. The van der Waals surface area contributed by atoms with Crippen LogP contribution in [-0.2, 0) is 108 Å². The predicted octanol–water partition coefficient (Wildman–Crippen LogP) is 0.896. The number of nitrogens with zero attached hydrogens (tertiary/aromatic N) is 1. The van der Waals surface area contributed by atoms with Crippen LogP contribution in [0.2, 0.25) is 0 Å². The summed E-state index contributed by atoms with van der Waals surface area (Å²) >= 11 is 0. The molecule has 0 aliphatic rings. The van der Waals surface area contributed by atoms with E-state index in [1.807, 2.05) is 0 Å². The van der Waals surface area contributed by atoms with Gasteiger partial charge in [-0.05, 0) is 13.8 Å². The molecule has 0 heterocycles. The van der Waals surface area contributed by atoms with Crippen molar-refractivity contribution in [3.05, 3.63) is 12.7 Å². The van der Waals surface area contributed by atoms with Crippen LogP contribution in [0.1, 0.15) is 13.8 Å². The van der Waals surface area contributed by atoms with Crippen LogP contribution in [-0.4, -0.2) is 11.8 Å². The third-order valence-corrected chi connectivity index (χ3v) is 0.315. The van der Waals surface area contributed by atoms with Crippen LogP contribution in [0.5, 0.6) is 0 Å². The Hall–Kier alpha value is 2.45. The van der Waals surface area contributed by atoms with Gasteiger partial charge in [0, 0.05) is 98.1 Å². The van der Waals surface area contributed by atoms with Crippen LogP contribution in [0.4, 0.5) is 0 Å². The molecule has 6 heteroatoms. The molecular formula is C5H9NO2Y3-2. The summed E-state index contributed by atoms with van der Waals surface area (Å²) in [7, 11) is 0. The van der Waals surface area contributed by atoms with Crippen molar-refractivity contribution in [3.63, 3.8) is 0 Å². The summed E-state index contributed by atoms with van der Waals surface area (Å²) in [6.45, 7) is 2.47. The molecule has 2 amide bonds. The fourth-order valence-corrected chi connectivity index (χ4v) is 0.222. The molecule has 0 fully saturated rings. The first-order valence-corrected chi connectivity index (χ1v) is 1.86. The van der Waals surface area contributed by atoms with Gasteiger partial charge in [0.15, 0.2) is 0 Å². The van der Waals surface area contributed by atoms with Gasteiger partial charge in [-0.15, -0.1) is 0 Å². The second-order valence-corrected chi connectivity index (χ2v) is 1.15. The van der Waals surface area contributed by atoms with Crippen LogP contribution < -0.4 is 0 Å². The maximum Gasteiger partial charge on any atom is 0.0533 e. The van der Waals surface area contributed by atoms with Crippen molar-refractivity contribution in [3.8, 4) is 0 Å². The molecule has 3 nitrogen and oxygen atoms in total. The molecule has 3 radical (unpaired) electrons. The van der Waals surface area contributed by atoms with E-state index in [0.717, 1.165) is 0 Å². The van der Waals surface area contributed by atoms with Crippen molar-refractivity contribution in [2.24, 2.45) is 0 Å². The predicted molar refractivity (Wildman–Crippen MR) is 31.1 cm³/mol. The number of hydrogen-bond donors (Lipinski definition) is 0. The van der Waals surface area contributed by atoms with Gasteiger partial charge in [0.1, 0.15) is 0 Å². The minimum absolute atomic E-state index is 0. The summed E-state index contributed by atoms with van der Waals surface area (Å²) in [5, 5.41) is 3.00. The minimum Gasteiger partial charge on any atom is -0.596 e. The quantitative estimate of drug-likeness (QED) is 0.585. The average Bonchev–Trinajstić information content (AvgIpc) is 1.27. The van der Waals surface area contributed by atoms with E-state index in [0.29, 0.717) is 0 Å². The van der Waals surface area contributed by atoms with E-state index in [2.05, 4.69) is 5.32 Å². The average molecular weight is 382 g/mol. The largest absolute Gasteiger partial charge is 0.596 e. The fourth-order valence-electron chi connectivity index (χ4n) is 0.222. The second kappa shape index (κ2) is 18.3. The van der Waals surface area contributed by atoms with Gasteiger partial charge in [0.05, 0.1) is 11.8 Å². The monoisotopic (exact) mass is 382 g/mol. The van der Waals surface area contributed by atoms with Crippen molar-refractivity contribution >= 4 is 11.8 Å². The van der Waals surface area contributed by atoms with Crippen molar-refractivity contribution in [2.45, 2.75) is 13.8 Å². The van der Waals surface area contributed by atoms with Crippen LogP contribution >= 0.6 is 0 Å². The molecule has 0 aliphatic heterocycles. The van der Waals surface area contributed by atoms with E-state index in [4.69, 9.17) is 0 Å². The van der Waals surface area contributed by atoms with Crippen molar-refractivity contribution in [2.75, 3.05) is 0 Å². The summed E-state index contributed by atoms with van der Waals surface area (Å²) in [5.74, 6) is -0.875. The van der Waals surface area contributed by atoms with Crippen molar-refractivity contribution in [1.29, 1.82) is 0 Å². The zero-order valence-electron chi connectivity index (χ0n) is 7.00. The molecule has 0 aromatic heterocycles. The Bertz CT molecular complexity index is 95.9. The SMILES string of the molecule is CC(=O)[N-]C(C)=O.[CH3-].[Y].[Y].[Y]. The number of imide groups is 1. The topological polar surface area (TPSA) is 48.2 Å². The summed E-state index contributed by atoms with van der Waals surface area (Å²) in [6, 6.07) is 0. The third-order valence-electron chi connectivity index (χ3n) is 0.315. The Kier molecular flexibility index (Phi) is 48.5. The van der Waals surface area contributed by atoms with Crippen LogP contribution in [0.25, 0.3) is 5.32 Å². The standard InChI is InChI=1S/C4H7NO2.CH3.3Y/c1-3(6)5-4(2)7;;;;/h1-2H3,(H,5,6,7);1H3;;;/q;-1;;;/p-1. The second-order valence-electron chi connectivity index (χ2n) is 1.15. The molecule has 0 N–H and O–H groups in total. The third kappa shape index (κ3) is 32.7. The maximum atomic E-state index is 9.87. The number of amides is 2. The van der Waals surface area contributed by atoms with E-state index in [-0.39, 0.29) is 106 Å². The van der Waals surface area contributed by atoms with Crippen LogP contribution in [0.15, 0.2) is 0 Å². The van der Waals surface area contributed by atoms with Crippen molar-refractivity contribution in [1.82, 2.24) is 0 Å². The first kappa shape index (κ1) is 29.2. The molecular weight excluding hydrogens is 373 g/mol. The molecule has 0 aromatic carbocycles. The molecule has 0 saturated heterocycles. The molecule has 0 spiro atoms. The summed E-state index contributed by atoms with van der Waals surface area (Å²) in [6.07, 6.45) is 0. The molecule has 57 valence electrons. The fraction of sp³-hybridized carbons (Fsp3) is 0.400. The first-order chi connectivity index (χ1) is 3.13. The Morgan fingerprint density at radius 2 is 1.09 bits per heavy atom. The van der Waals surface area contributed by atoms with Gasteiger partial charge in [-0.2, -0.15) is 0 Å². The van der Waals surface area contributed by atoms with E-state index >= 15 is 0 Å². The van der Waals surface area contributed by atoms with Crippen LogP contribution in [0, 0.1) is 7.43 Å². The van der Waals surface area contributed by atoms with E-state index in [9.17, 15) is 9.59 Å². The molecule has 0 aromatic rings. The zero-order valence-corrected chi connectivity index (χ0v) is 15.5. The maximum absolute atomic E-state index is 9.87. The van der Waals surface area contributed by atoms with Crippen molar-refractivity contribution < 1.29 is 108 Å². The Morgan fingerprint density at radius 3 is 1.09 bits per heavy atom. The van der Waals surface area contributed by atoms with Gasteiger partial charge in [0.2, 0.25) is 0 Å². The number of rotatable bonds is 0. The molecule has 0 unspecified atom stereocenters. The molecule has 0 aliphatic carbocycles. The Balaban J connectivity index is -0.0000000300. The van der Waals surface area contributed by atoms with Crippen LogP contribution in [0.3, 0.4) is 0 Å². The summed E-state index contributed by atoms with van der Waals surface area (Å²) in [5.41, 5.74) is 0. The number of hydrogen-bond acceptors (Lipinski definition) is 2. The molecule has 0 rings (SSSR count). The van der Waals surface area contributed by atoms with Gasteiger partial charge in [0.25, 0.3) is 0 Å². The van der Waals surface area contributed by atoms with Gasteiger partial charge < -0.3 is 22.3 Å². The summed E-state index contributed by atoms with van der Waals surface area (Å²) in [4.78, 5) is 19.7. The molecule has 0 bridgehead atoms. The van der Waals surface area contributed by atoms with Gasteiger partial charge in [-0.1, -0.05) is 0 Å². The van der Waals surface area contributed by atoms with Gasteiger partial charge in [-0.25, -0.2) is 0 Å². The van der Waals surface area contributed by atoms with E-state index < -0.39 is 11.8 Å². The van der Waals surface area contributed by atoms with E-state index in [1.54, 1.807) is 0 Å². The number of carbonyl (C=O) groups is 2. The Labute approximate surface area is 143 Å².